The topological polar surface area (TPSA) is 84.1 Å². The third-order valence-corrected chi connectivity index (χ3v) is 6.15. The fraction of sp³-hybridized carbons (Fsp3) is 0.636. The van der Waals surface area contributed by atoms with Crippen LogP contribution in [0.2, 0.25) is 0 Å². The maximum absolute atomic E-state index is 12.3. The van der Waals surface area contributed by atoms with Crippen molar-refractivity contribution in [3.63, 3.8) is 0 Å². The first-order chi connectivity index (χ1) is 14.3. The number of pyridine rings is 1. The van der Waals surface area contributed by atoms with Gasteiger partial charge in [0.1, 0.15) is 0 Å². The van der Waals surface area contributed by atoms with E-state index in [-0.39, 0.29) is 5.91 Å². The fourth-order valence-corrected chi connectivity index (χ4v) is 4.48. The van der Waals surface area contributed by atoms with Crippen molar-refractivity contribution in [1.82, 2.24) is 25.3 Å². The van der Waals surface area contributed by atoms with E-state index >= 15 is 0 Å². The Morgan fingerprint density at radius 2 is 2.00 bits per heavy atom. The smallest absolute Gasteiger partial charge is 0.227 e. The molecule has 1 N–H and O–H groups in total. The van der Waals surface area contributed by atoms with Crippen LogP contribution in [0.3, 0.4) is 0 Å². The Morgan fingerprint density at radius 1 is 1.17 bits per heavy atom. The molecular formula is C22H31N5O2. The van der Waals surface area contributed by atoms with Gasteiger partial charge in [0.2, 0.25) is 17.6 Å². The number of piperidine rings is 1. The monoisotopic (exact) mass is 397 g/mol. The van der Waals surface area contributed by atoms with Crippen molar-refractivity contribution in [2.75, 3.05) is 19.6 Å². The Labute approximate surface area is 172 Å². The SMILES string of the molecule is O=C(CCc1nc(-c2cccnc2)no1)NC1CCN(CC2CCCCC2)CC1. The molecule has 0 bridgehead atoms. The van der Waals surface area contributed by atoms with Gasteiger partial charge in [-0.3, -0.25) is 9.78 Å². The molecule has 2 aromatic rings. The zero-order valence-corrected chi connectivity index (χ0v) is 17.1. The van der Waals surface area contributed by atoms with Gasteiger partial charge < -0.3 is 14.7 Å². The van der Waals surface area contributed by atoms with Crippen molar-refractivity contribution in [3.05, 3.63) is 30.4 Å². The molecule has 0 spiro atoms. The molecule has 0 unspecified atom stereocenters. The van der Waals surface area contributed by atoms with Crippen LogP contribution in [0.15, 0.2) is 29.0 Å². The average Bonchev–Trinajstić information content (AvgIpc) is 3.24. The Hall–Kier alpha value is -2.28. The lowest BCUT2D eigenvalue weighted by Gasteiger charge is -2.35. The van der Waals surface area contributed by atoms with Gasteiger partial charge in [0.25, 0.3) is 0 Å². The Morgan fingerprint density at radius 3 is 2.76 bits per heavy atom. The van der Waals surface area contributed by atoms with Gasteiger partial charge in [-0.15, -0.1) is 0 Å². The first-order valence-corrected chi connectivity index (χ1v) is 11.0. The van der Waals surface area contributed by atoms with Crippen molar-refractivity contribution < 1.29 is 9.32 Å². The second-order valence-electron chi connectivity index (χ2n) is 8.40. The molecule has 2 fully saturated rings. The van der Waals surface area contributed by atoms with E-state index in [4.69, 9.17) is 4.52 Å². The van der Waals surface area contributed by atoms with Crippen molar-refractivity contribution in [3.8, 4) is 11.4 Å². The highest BCUT2D eigenvalue weighted by Gasteiger charge is 2.23. The molecule has 156 valence electrons. The Balaban J connectivity index is 1.16. The summed E-state index contributed by atoms with van der Waals surface area (Å²) in [5, 5.41) is 7.16. The third-order valence-electron chi connectivity index (χ3n) is 6.15. The van der Waals surface area contributed by atoms with E-state index in [1.54, 1.807) is 12.4 Å². The van der Waals surface area contributed by atoms with E-state index in [0.29, 0.717) is 30.6 Å². The molecule has 2 aliphatic rings. The van der Waals surface area contributed by atoms with Gasteiger partial charge in [-0.1, -0.05) is 24.4 Å². The summed E-state index contributed by atoms with van der Waals surface area (Å²) in [4.78, 5) is 23.3. The normalized spacial score (nSPS) is 19.3. The molecule has 1 saturated heterocycles. The minimum atomic E-state index is 0.0665. The van der Waals surface area contributed by atoms with Crippen molar-refractivity contribution in [1.29, 1.82) is 0 Å². The summed E-state index contributed by atoms with van der Waals surface area (Å²) in [6.45, 7) is 3.44. The molecule has 7 heteroatoms. The number of aromatic nitrogens is 3. The first-order valence-electron chi connectivity index (χ1n) is 11.0. The number of likely N-dealkylation sites (tertiary alicyclic amines) is 1. The number of rotatable bonds is 7. The van der Waals surface area contributed by atoms with Crippen LogP contribution < -0.4 is 5.32 Å². The van der Waals surface area contributed by atoms with Crippen LogP contribution in [0, 0.1) is 5.92 Å². The standard InChI is InChI=1S/C22H31N5O2/c28-20(8-9-21-25-22(26-29-21)18-7-4-12-23-15-18)24-19-10-13-27(14-11-19)16-17-5-2-1-3-6-17/h4,7,12,15,17,19H,1-3,5-6,8-11,13-14,16H2,(H,24,28). The Bertz CT molecular complexity index is 765. The molecular weight excluding hydrogens is 366 g/mol. The van der Waals surface area contributed by atoms with Crippen molar-refractivity contribution >= 4 is 5.91 Å². The summed E-state index contributed by atoms with van der Waals surface area (Å²) in [7, 11) is 0. The summed E-state index contributed by atoms with van der Waals surface area (Å²) in [5.74, 6) is 1.96. The number of nitrogens with one attached hydrogen (secondary N) is 1. The zero-order chi connectivity index (χ0) is 19.9. The van der Waals surface area contributed by atoms with E-state index in [1.807, 2.05) is 12.1 Å². The molecule has 29 heavy (non-hydrogen) atoms. The number of hydrogen-bond acceptors (Lipinski definition) is 6. The highest BCUT2D eigenvalue weighted by molar-refractivity contribution is 5.76. The van der Waals surface area contributed by atoms with Gasteiger partial charge in [0.05, 0.1) is 0 Å². The van der Waals surface area contributed by atoms with Crippen molar-refractivity contribution in [2.45, 2.75) is 63.8 Å². The molecule has 1 aliphatic carbocycles. The maximum atomic E-state index is 12.3. The largest absolute Gasteiger partial charge is 0.353 e. The van der Waals surface area contributed by atoms with Gasteiger partial charge in [-0.2, -0.15) is 4.98 Å². The second kappa shape index (κ2) is 9.96. The quantitative estimate of drug-likeness (QED) is 0.772. The Kier molecular flexibility index (Phi) is 6.87. The van der Waals surface area contributed by atoms with Gasteiger partial charge in [0.15, 0.2) is 0 Å². The average molecular weight is 398 g/mol. The molecule has 0 radical (unpaired) electrons. The highest BCUT2D eigenvalue weighted by atomic mass is 16.5. The predicted octanol–water partition coefficient (Wildman–Crippen LogP) is 3.23. The number of hydrogen-bond donors (Lipinski definition) is 1. The van der Waals surface area contributed by atoms with Crippen LogP contribution in [-0.2, 0) is 11.2 Å². The number of amides is 1. The lowest BCUT2D eigenvalue weighted by atomic mass is 9.88. The van der Waals surface area contributed by atoms with Crippen LogP contribution in [0.1, 0.15) is 57.3 Å². The molecule has 1 aliphatic heterocycles. The predicted molar refractivity (Wildman–Crippen MR) is 110 cm³/mol. The van der Waals surface area contributed by atoms with Gasteiger partial charge in [-0.05, 0) is 43.7 Å². The first kappa shape index (κ1) is 20.0. The summed E-state index contributed by atoms with van der Waals surface area (Å²) in [6, 6.07) is 4.01. The molecule has 1 saturated carbocycles. The van der Waals surface area contributed by atoms with E-state index in [2.05, 4.69) is 25.3 Å². The van der Waals surface area contributed by atoms with Crippen LogP contribution >= 0.6 is 0 Å². The van der Waals surface area contributed by atoms with E-state index in [1.165, 1.54) is 38.6 Å². The fourth-order valence-electron chi connectivity index (χ4n) is 4.48. The van der Waals surface area contributed by atoms with Gasteiger partial charge in [0, 0.05) is 56.5 Å². The van der Waals surface area contributed by atoms with E-state index < -0.39 is 0 Å². The zero-order valence-electron chi connectivity index (χ0n) is 17.1. The second-order valence-corrected chi connectivity index (χ2v) is 8.40. The molecule has 2 aromatic heterocycles. The molecule has 7 nitrogen and oxygen atoms in total. The van der Waals surface area contributed by atoms with Crippen LogP contribution in [-0.4, -0.2) is 51.6 Å². The van der Waals surface area contributed by atoms with E-state index in [0.717, 1.165) is 37.4 Å². The summed E-state index contributed by atoms with van der Waals surface area (Å²) in [5.41, 5.74) is 0.812. The number of aryl methyl sites for hydroxylation is 1. The number of carbonyl (C=O) groups excluding carboxylic acids is 1. The molecule has 3 heterocycles. The van der Waals surface area contributed by atoms with Gasteiger partial charge >= 0.3 is 0 Å². The summed E-state index contributed by atoms with van der Waals surface area (Å²) in [6.07, 6.45) is 13.3. The lowest BCUT2D eigenvalue weighted by molar-refractivity contribution is -0.122. The maximum Gasteiger partial charge on any atom is 0.227 e. The molecule has 1 amide bonds. The highest BCUT2D eigenvalue weighted by Crippen LogP contribution is 2.25. The minimum absolute atomic E-state index is 0.0665. The number of carbonyl (C=O) groups is 1. The van der Waals surface area contributed by atoms with E-state index in [9.17, 15) is 4.79 Å². The molecule has 0 atom stereocenters. The van der Waals surface area contributed by atoms with Crippen LogP contribution in [0.5, 0.6) is 0 Å². The molecule has 0 aromatic carbocycles. The minimum Gasteiger partial charge on any atom is -0.353 e. The molecule has 4 rings (SSSR count). The van der Waals surface area contributed by atoms with Crippen molar-refractivity contribution in [2.24, 2.45) is 5.92 Å². The lowest BCUT2D eigenvalue weighted by Crippen LogP contribution is -2.46. The number of nitrogens with zero attached hydrogens (tertiary/aromatic N) is 4. The summed E-state index contributed by atoms with van der Waals surface area (Å²) < 4.78 is 5.27. The van der Waals surface area contributed by atoms with Crippen LogP contribution in [0.25, 0.3) is 11.4 Å². The van der Waals surface area contributed by atoms with Crippen LogP contribution in [0.4, 0.5) is 0 Å². The third kappa shape index (κ3) is 5.85. The summed E-state index contributed by atoms with van der Waals surface area (Å²) >= 11 is 0. The van der Waals surface area contributed by atoms with Gasteiger partial charge in [-0.25, -0.2) is 0 Å².